The summed E-state index contributed by atoms with van der Waals surface area (Å²) in [6.45, 7) is 36.0. The summed E-state index contributed by atoms with van der Waals surface area (Å²) >= 11 is 3.38. The van der Waals surface area contributed by atoms with E-state index in [0.717, 1.165) is 107 Å². The normalized spacial score (nSPS) is 26.7. The fourth-order valence-electron chi connectivity index (χ4n) is 17.2. The lowest BCUT2D eigenvalue weighted by Crippen LogP contribution is -2.65. The number of halogens is 1. The van der Waals surface area contributed by atoms with Crippen molar-refractivity contribution in [2.45, 2.75) is 313 Å². The minimum Gasteiger partial charge on any atom is -0.492 e. The molecule has 113 heavy (non-hydrogen) atoms. The van der Waals surface area contributed by atoms with Crippen molar-refractivity contribution in [2.24, 2.45) is 5.16 Å². The quantitative estimate of drug-likeness (QED) is 0.0174. The summed E-state index contributed by atoms with van der Waals surface area (Å²) in [4.78, 5) is 50.5. The van der Waals surface area contributed by atoms with Gasteiger partial charge in [0, 0.05) is 45.6 Å². The van der Waals surface area contributed by atoms with Gasteiger partial charge >= 0.3 is 6.09 Å². The van der Waals surface area contributed by atoms with Crippen LogP contribution in [0, 0.1) is 20.6 Å². The number of oxime groups is 1. The van der Waals surface area contributed by atoms with Crippen LogP contribution in [0.5, 0.6) is 17.2 Å². The molecule has 0 aromatic heterocycles. The van der Waals surface area contributed by atoms with Crippen molar-refractivity contribution < 1.29 is 93.9 Å². The zero-order valence-electron chi connectivity index (χ0n) is 70.7. The van der Waals surface area contributed by atoms with Crippen LogP contribution in [0.15, 0.2) is 78.0 Å². The fourth-order valence-corrected chi connectivity index (χ4v) is 30.5. The highest BCUT2D eigenvalue weighted by Crippen LogP contribution is 2.51. The van der Waals surface area contributed by atoms with Gasteiger partial charge < -0.3 is 84.3 Å². The number of nitrogens with zero attached hydrogens (tertiary/aromatic N) is 3. The van der Waals surface area contributed by atoms with Crippen LogP contribution in [-0.2, 0) is 71.8 Å². The van der Waals surface area contributed by atoms with E-state index >= 15 is 4.79 Å². The maximum absolute atomic E-state index is 15.7. The zero-order valence-corrected chi connectivity index (χ0v) is 77.6. The summed E-state index contributed by atoms with van der Waals surface area (Å²) in [7, 11) is -3.26. The van der Waals surface area contributed by atoms with Gasteiger partial charge in [-0.05, 0) is 164 Å². The number of thioether (sulfide) groups is 1. The minimum atomic E-state index is -2.66. The molecule has 0 spiro atoms. The Balaban J connectivity index is 1.01. The van der Waals surface area contributed by atoms with Gasteiger partial charge in [-0.2, -0.15) is 0 Å². The molecule has 1 aliphatic carbocycles. The van der Waals surface area contributed by atoms with Gasteiger partial charge in [0.05, 0.1) is 88.9 Å². The molecular formula is C83H128IN3O21SSi4. The van der Waals surface area contributed by atoms with Gasteiger partial charge in [0.1, 0.15) is 42.8 Å². The molecule has 4 saturated heterocycles. The number of fused-ring (bicyclic) bond motifs is 3. The smallest absolute Gasteiger partial charge is 0.410 e. The molecule has 0 N–H and O–H groups in total. The van der Waals surface area contributed by atoms with E-state index in [0.29, 0.717) is 38.3 Å². The molecule has 0 bridgehead atoms. The highest BCUT2D eigenvalue weighted by Gasteiger charge is 2.55. The highest BCUT2D eigenvalue weighted by molar-refractivity contribution is 14.1. The van der Waals surface area contributed by atoms with Crippen LogP contribution in [0.25, 0.3) is 11.1 Å². The number of methoxy groups -OCH3 is 4. The monoisotopic (exact) mass is 1770 g/mol. The lowest BCUT2D eigenvalue weighted by atomic mass is 9.98. The lowest BCUT2D eigenvalue weighted by molar-refractivity contribution is -0.386. The molecule has 0 radical (unpaired) electrons. The van der Waals surface area contributed by atoms with E-state index in [1.165, 1.54) is 13.2 Å². The number of amides is 1. The highest BCUT2D eigenvalue weighted by atomic mass is 127. The Morgan fingerprint density at radius 1 is 0.611 bits per heavy atom. The molecule has 630 valence electrons. The Morgan fingerprint density at radius 3 is 1.70 bits per heavy atom. The summed E-state index contributed by atoms with van der Waals surface area (Å²) in [6.07, 6.45) is -11.1. The molecule has 9 rings (SSSR count). The third-order valence-electron chi connectivity index (χ3n) is 25.2. The molecule has 5 aliphatic rings. The third-order valence-corrected chi connectivity index (χ3v) is 46.5. The van der Waals surface area contributed by atoms with Gasteiger partial charge in [-0.1, -0.05) is 161 Å². The first kappa shape index (κ1) is 92.4. The SMILES string of the molecule is CCN(C(=O)OCC1c2ccccc2-c2ccccc21)[C@H]1CO[C@@H](O[C@H]2[C@H](OCc3ccccc3[N+](=O)[O-])O[C@H](C)/C(=N\O[C@H]3C[C@H](O[Si](CC)(CC)CC)[C@H](SC(=O)c4c(C)c(I)c(O[C@@H]5O[C@@H](C)[C@H](O[Si](CC)(CC)CC)[C@@H](OC)[C@H]5O[Si](CC)(CC)CC)c(OC)c4OC)[C@@H](C)O3)[C@@H]2O[Si](CC)(CC)CC)C[C@@H]1OC. The Bertz CT molecular complexity index is 3720. The lowest BCUT2D eigenvalue weighted by Gasteiger charge is -2.49. The summed E-state index contributed by atoms with van der Waals surface area (Å²) in [5.74, 6) is 0.644. The van der Waals surface area contributed by atoms with Crippen molar-refractivity contribution in [1.82, 2.24) is 4.90 Å². The minimum absolute atomic E-state index is 0.0171. The molecule has 30 heteroatoms. The standard InChI is InChI=1S/C83H128IN3O21SSi4/c1-22-86(83(89)98-50-61-59-44-38-36-42-57(59)58-43-37-39-45-60(58)61)63-51-96-66(47-64(63)92-18)102-77-74(107-112(29-8,30-9)31-10)70(53(15)100-81(77)97-49-56-41-35-40-46-62(56)87(90)91)85-104-67-48-65(105-110(23-2,24-3)25-4)79(55(17)99-67)109-80(88)68-52(14)69(84)73(76(95-21)72(68)93-19)103-82-78(108-113(32-11,33-12)34-13)75(94-20)71(54(16)101-82)106-111(26-5,27-6)28-7/h35-46,53-55,61,63-67,71,74-75,77-79,81-82H,22-34,47-51H2,1-21H3/b85-70+/t53-,54+,55-,63+,64+,65+,66+,67+,71+,74+,75-,77-,78-,79-,81-,82+/m1/s1. The first-order valence-corrected chi connectivity index (χ1v) is 53.4. The molecule has 4 aromatic carbocycles. The van der Waals surface area contributed by atoms with Gasteiger partial charge in [-0.3, -0.25) is 14.9 Å². The molecular weight excluding hydrogens is 1650 g/mol. The number of hydrogen-bond acceptors (Lipinski definition) is 23. The summed E-state index contributed by atoms with van der Waals surface area (Å²) in [5.41, 5.74) is 5.98. The molecule has 4 heterocycles. The molecule has 4 fully saturated rings. The Labute approximate surface area is 693 Å². The first-order chi connectivity index (χ1) is 54.3. The molecule has 0 unspecified atom stereocenters. The molecule has 24 nitrogen and oxygen atoms in total. The molecule has 1 amide bonds. The number of carbonyl (C=O) groups excluding carboxylic acids is 2. The van der Waals surface area contributed by atoms with Gasteiger partial charge in [-0.15, -0.1) is 0 Å². The molecule has 16 atom stereocenters. The van der Waals surface area contributed by atoms with Crippen molar-refractivity contribution >= 4 is 90.2 Å². The van der Waals surface area contributed by atoms with Crippen LogP contribution in [0.4, 0.5) is 10.5 Å². The van der Waals surface area contributed by atoms with E-state index in [4.69, 9.17) is 84.5 Å². The Morgan fingerprint density at radius 2 is 1.15 bits per heavy atom. The van der Waals surface area contributed by atoms with Crippen molar-refractivity contribution in [3.05, 3.63) is 114 Å². The zero-order chi connectivity index (χ0) is 82.3. The van der Waals surface area contributed by atoms with E-state index in [9.17, 15) is 14.9 Å². The van der Waals surface area contributed by atoms with Crippen molar-refractivity contribution in [3.8, 4) is 28.4 Å². The number of likely N-dealkylation sites (N-methyl/N-ethyl adjacent to an activating group) is 1. The summed E-state index contributed by atoms with van der Waals surface area (Å²) in [6, 6.07) is 32.6. The number of ether oxygens (including phenoxy) is 12. The second kappa shape index (κ2) is 42.0. The summed E-state index contributed by atoms with van der Waals surface area (Å²) < 4.78 is 110. The molecule has 4 aliphatic heterocycles. The predicted octanol–water partition coefficient (Wildman–Crippen LogP) is 18.7. The largest absolute Gasteiger partial charge is 0.492 e. The molecule has 0 saturated carbocycles. The van der Waals surface area contributed by atoms with E-state index in [1.807, 2.05) is 58.9 Å². The molecule has 4 aromatic rings. The summed E-state index contributed by atoms with van der Waals surface area (Å²) in [5, 5.41) is 16.7. The fraction of sp³-hybridized carbons (Fsp3) is 0.675. The van der Waals surface area contributed by atoms with E-state index in [-0.39, 0.29) is 60.9 Å². The van der Waals surface area contributed by atoms with Gasteiger partial charge in [0.2, 0.25) is 23.4 Å². The second-order valence-electron chi connectivity index (χ2n) is 30.4. The second-order valence-corrected chi connectivity index (χ2v) is 51.6. The van der Waals surface area contributed by atoms with Crippen LogP contribution in [-0.4, -0.2) is 206 Å². The number of rotatable bonds is 40. The van der Waals surface area contributed by atoms with E-state index in [2.05, 4.69) is 130 Å². The van der Waals surface area contributed by atoms with Crippen molar-refractivity contribution in [1.29, 1.82) is 0 Å². The Kier molecular flexibility index (Phi) is 34.3. The topological polar surface area (TPSA) is 250 Å². The van der Waals surface area contributed by atoms with Gasteiger partial charge in [0.25, 0.3) is 5.69 Å². The number of nitro benzene ring substituents is 1. The first-order valence-electron chi connectivity index (χ1n) is 41.3. The van der Waals surface area contributed by atoms with Gasteiger partial charge in [0.15, 0.2) is 57.3 Å². The van der Waals surface area contributed by atoms with Crippen LogP contribution < -0.4 is 14.2 Å². The number of benzene rings is 4. The third kappa shape index (κ3) is 20.4. The van der Waals surface area contributed by atoms with Crippen LogP contribution >= 0.6 is 34.4 Å². The van der Waals surface area contributed by atoms with Crippen molar-refractivity contribution in [3.63, 3.8) is 0 Å². The van der Waals surface area contributed by atoms with Crippen LogP contribution in [0.2, 0.25) is 72.5 Å². The van der Waals surface area contributed by atoms with Gasteiger partial charge in [-0.25, -0.2) is 4.79 Å². The van der Waals surface area contributed by atoms with E-state index < -0.39 is 142 Å². The predicted molar refractivity (Wildman–Crippen MR) is 458 cm³/mol. The Hall–Kier alpha value is -4.44. The van der Waals surface area contributed by atoms with Crippen LogP contribution in [0.3, 0.4) is 0 Å². The maximum Gasteiger partial charge on any atom is 0.410 e. The van der Waals surface area contributed by atoms with Crippen LogP contribution in [0.1, 0.15) is 162 Å². The average Bonchev–Trinajstić information content (AvgIpc) is 1.55. The average molecular weight is 1780 g/mol. The number of hydrogen-bond donors (Lipinski definition) is 0. The number of nitro groups is 1. The number of carbonyl (C=O) groups is 2. The van der Waals surface area contributed by atoms with Crippen molar-refractivity contribution in [2.75, 3.05) is 48.2 Å². The van der Waals surface area contributed by atoms with E-state index in [1.54, 1.807) is 44.4 Å². The maximum atomic E-state index is 15.7. The number of para-hydroxylation sites is 1.